The van der Waals surface area contributed by atoms with Gasteiger partial charge >= 0.3 is 5.69 Å². The summed E-state index contributed by atoms with van der Waals surface area (Å²) >= 11 is 0. The number of hydrogen-bond donors (Lipinski definition) is 1. The van der Waals surface area contributed by atoms with Gasteiger partial charge in [-0.15, -0.1) is 6.58 Å². The second-order valence-corrected chi connectivity index (χ2v) is 5.90. The van der Waals surface area contributed by atoms with Gasteiger partial charge in [0.2, 0.25) is 0 Å². The van der Waals surface area contributed by atoms with Crippen molar-refractivity contribution in [2.75, 3.05) is 24.4 Å². The molecule has 2 aromatic rings. The number of anilines is 2. The van der Waals surface area contributed by atoms with Gasteiger partial charge in [0.25, 0.3) is 5.56 Å². The normalized spacial score (nSPS) is 14.9. The molecule has 0 amide bonds. The average molecular weight is 352 g/mol. The molecule has 0 saturated heterocycles. The third kappa shape index (κ3) is 2.86. The van der Waals surface area contributed by atoms with Gasteiger partial charge in [-0.3, -0.25) is 13.9 Å². The second kappa shape index (κ2) is 6.84. The number of aromatic nitrogens is 2. The monoisotopic (exact) mass is 352 g/mol. The maximum Gasteiger partial charge on any atom is 0.332 e. The SMILES string of the molecule is C=CCn1c(=O)c2c(n(C)c1=O)N(C)C(C#Cc1cccc(OC)c1)N2. The van der Waals surface area contributed by atoms with Gasteiger partial charge in [-0.2, -0.15) is 0 Å². The highest BCUT2D eigenvalue weighted by atomic mass is 16.5. The highest BCUT2D eigenvalue weighted by molar-refractivity contribution is 5.73. The van der Waals surface area contributed by atoms with Crippen LogP contribution >= 0.6 is 0 Å². The molecule has 1 aliphatic rings. The standard InChI is InChI=1S/C19H20N4O3/c1-5-11-23-18(24)16-17(22(3)19(23)25)21(2)15(20-16)10-9-13-7-6-8-14(12-13)26-4/h5-8,12,15,20H,1,11H2,2-4H3. The van der Waals surface area contributed by atoms with E-state index in [0.717, 1.165) is 15.9 Å². The topological polar surface area (TPSA) is 68.5 Å². The van der Waals surface area contributed by atoms with Crippen LogP contribution in [-0.4, -0.2) is 29.5 Å². The minimum atomic E-state index is -0.422. The summed E-state index contributed by atoms with van der Waals surface area (Å²) in [6, 6.07) is 7.42. The average Bonchev–Trinajstić information content (AvgIpc) is 2.98. The third-order valence-electron chi connectivity index (χ3n) is 4.26. The van der Waals surface area contributed by atoms with Gasteiger partial charge in [-0.25, -0.2) is 4.79 Å². The van der Waals surface area contributed by atoms with Crippen molar-refractivity contribution in [3.05, 3.63) is 63.3 Å². The van der Waals surface area contributed by atoms with Gasteiger partial charge in [0, 0.05) is 26.2 Å². The van der Waals surface area contributed by atoms with Crippen molar-refractivity contribution in [2.45, 2.75) is 12.7 Å². The van der Waals surface area contributed by atoms with E-state index < -0.39 is 6.17 Å². The molecule has 0 spiro atoms. The van der Waals surface area contributed by atoms with E-state index in [1.54, 1.807) is 26.1 Å². The Hall–Kier alpha value is -3.40. The number of nitrogens with one attached hydrogen (secondary N) is 1. The van der Waals surface area contributed by atoms with Gasteiger partial charge in [-0.05, 0) is 18.2 Å². The number of nitrogens with zero attached hydrogens (tertiary/aromatic N) is 3. The Labute approximate surface area is 151 Å². The van der Waals surface area contributed by atoms with Gasteiger partial charge in [0.1, 0.15) is 17.3 Å². The highest BCUT2D eigenvalue weighted by Gasteiger charge is 2.31. The van der Waals surface area contributed by atoms with Crippen LogP contribution in [0.3, 0.4) is 0 Å². The van der Waals surface area contributed by atoms with Crippen molar-refractivity contribution in [1.29, 1.82) is 0 Å². The Balaban J connectivity index is 1.99. The van der Waals surface area contributed by atoms with E-state index in [2.05, 4.69) is 23.7 Å². The number of fused-ring (bicyclic) bond motifs is 1. The van der Waals surface area contributed by atoms with Crippen LogP contribution in [0.15, 0.2) is 46.5 Å². The maximum atomic E-state index is 12.6. The lowest BCUT2D eigenvalue weighted by molar-refractivity contribution is 0.414. The molecular formula is C19H20N4O3. The maximum absolute atomic E-state index is 12.6. The summed E-state index contributed by atoms with van der Waals surface area (Å²) in [6.45, 7) is 3.75. The van der Waals surface area contributed by atoms with Gasteiger partial charge in [0.05, 0.1) is 7.11 Å². The molecule has 0 radical (unpaired) electrons. The van der Waals surface area contributed by atoms with Crippen molar-refractivity contribution >= 4 is 11.5 Å². The molecule has 3 rings (SSSR count). The number of rotatable bonds is 3. The predicted octanol–water partition coefficient (Wildman–Crippen LogP) is 0.981. The largest absolute Gasteiger partial charge is 0.497 e. The van der Waals surface area contributed by atoms with Crippen molar-refractivity contribution in [3.8, 4) is 17.6 Å². The zero-order valence-electron chi connectivity index (χ0n) is 14.9. The molecule has 26 heavy (non-hydrogen) atoms. The Morgan fingerprint density at radius 2 is 2.12 bits per heavy atom. The van der Waals surface area contributed by atoms with Crippen LogP contribution in [0.25, 0.3) is 0 Å². The third-order valence-corrected chi connectivity index (χ3v) is 4.26. The quantitative estimate of drug-likeness (QED) is 0.659. The zero-order chi connectivity index (χ0) is 18.8. The molecule has 0 bridgehead atoms. The Morgan fingerprint density at radius 1 is 1.35 bits per heavy atom. The predicted molar refractivity (Wildman–Crippen MR) is 102 cm³/mol. The van der Waals surface area contributed by atoms with E-state index in [-0.39, 0.29) is 17.8 Å². The Bertz CT molecular complexity index is 1040. The van der Waals surface area contributed by atoms with Gasteiger partial charge in [-0.1, -0.05) is 24.0 Å². The summed E-state index contributed by atoms with van der Waals surface area (Å²) in [5.41, 5.74) is 0.402. The number of hydrogen-bond acceptors (Lipinski definition) is 5. The van der Waals surface area contributed by atoms with E-state index in [9.17, 15) is 9.59 Å². The Morgan fingerprint density at radius 3 is 2.81 bits per heavy atom. The van der Waals surface area contributed by atoms with Gasteiger partial charge < -0.3 is 15.0 Å². The molecular weight excluding hydrogens is 332 g/mol. The van der Waals surface area contributed by atoms with Crippen molar-refractivity contribution in [3.63, 3.8) is 0 Å². The fourth-order valence-electron chi connectivity index (χ4n) is 2.93. The first kappa shape index (κ1) is 17.4. The fraction of sp³-hybridized carbons (Fsp3) is 0.263. The second-order valence-electron chi connectivity index (χ2n) is 5.90. The lowest BCUT2D eigenvalue weighted by Crippen LogP contribution is -2.40. The molecule has 1 aromatic carbocycles. The summed E-state index contributed by atoms with van der Waals surface area (Å²) in [5.74, 6) is 7.41. The smallest absolute Gasteiger partial charge is 0.332 e. The van der Waals surface area contributed by atoms with E-state index >= 15 is 0 Å². The summed E-state index contributed by atoms with van der Waals surface area (Å²) in [6.07, 6.45) is 1.10. The van der Waals surface area contributed by atoms with E-state index in [1.807, 2.05) is 24.3 Å². The summed E-state index contributed by atoms with van der Waals surface area (Å²) in [4.78, 5) is 26.8. The van der Waals surface area contributed by atoms with Gasteiger partial charge in [0.15, 0.2) is 6.17 Å². The summed E-state index contributed by atoms with van der Waals surface area (Å²) in [5, 5.41) is 3.11. The molecule has 7 nitrogen and oxygen atoms in total. The first-order valence-corrected chi connectivity index (χ1v) is 8.07. The molecule has 0 fully saturated rings. The minimum absolute atomic E-state index is 0.157. The first-order valence-electron chi connectivity index (χ1n) is 8.07. The fourth-order valence-corrected chi connectivity index (χ4v) is 2.93. The van der Waals surface area contributed by atoms with E-state index in [4.69, 9.17) is 4.74 Å². The van der Waals surface area contributed by atoms with Crippen LogP contribution in [0.2, 0.25) is 0 Å². The zero-order valence-corrected chi connectivity index (χ0v) is 14.9. The molecule has 1 aromatic heterocycles. The molecule has 2 heterocycles. The molecule has 134 valence electrons. The molecule has 7 heteroatoms. The minimum Gasteiger partial charge on any atom is -0.497 e. The van der Waals surface area contributed by atoms with E-state index in [0.29, 0.717) is 11.5 Å². The number of benzene rings is 1. The molecule has 0 aliphatic carbocycles. The first-order chi connectivity index (χ1) is 12.5. The van der Waals surface area contributed by atoms with Crippen LogP contribution in [0.5, 0.6) is 5.75 Å². The van der Waals surface area contributed by atoms with E-state index in [1.165, 1.54) is 10.6 Å². The molecule has 1 aliphatic heterocycles. The summed E-state index contributed by atoms with van der Waals surface area (Å²) in [7, 11) is 5.03. The van der Waals surface area contributed by atoms with Crippen LogP contribution in [-0.2, 0) is 13.6 Å². The molecule has 1 N–H and O–H groups in total. The Kier molecular flexibility index (Phi) is 4.59. The van der Waals surface area contributed by atoms with Crippen molar-refractivity contribution in [2.24, 2.45) is 7.05 Å². The molecule has 0 saturated carbocycles. The summed E-state index contributed by atoms with van der Waals surface area (Å²) < 4.78 is 7.78. The highest BCUT2D eigenvalue weighted by Crippen LogP contribution is 2.28. The molecule has 1 atom stereocenters. The number of methoxy groups -OCH3 is 1. The van der Waals surface area contributed by atoms with Crippen molar-refractivity contribution < 1.29 is 4.74 Å². The number of allylic oxidation sites excluding steroid dienone is 1. The van der Waals surface area contributed by atoms with Crippen LogP contribution in [0.1, 0.15) is 5.56 Å². The van der Waals surface area contributed by atoms with Crippen LogP contribution in [0, 0.1) is 11.8 Å². The van der Waals surface area contributed by atoms with Crippen LogP contribution in [0.4, 0.5) is 11.5 Å². The lowest BCUT2D eigenvalue weighted by atomic mass is 10.2. The van der Waals surface area contributed by atoms with Crippen molar-refractivity contribution in [1.82, 2.24) is 9.13 Å². The lowest BCUT2D eigenvalue weighted by Gasteiger charge is -2.18. The van der Waals surface area contributed by atoms with Crippen LogP contribution < -0.4 is 26.2 Å². The number of ether oxygens (including phenoxy) is 1. The molecule has 1 unspecified atom stereocenters.